The lowest BCUT2D eigenvalue weighted by molar-refractivity contribution is 0.0585. The molecule has 0 saturated carbocycles. The van der Waals surface area contributed by atoms with Crippen molar-refractivity contribution in [2.24, 2.45) is 0 Å². The Morgan fingerprint density at radius 3 is 1.56 bits per heavy atom. The van der Waals surface area contributed by atoms with Crippen LogP contribution in [-0.4, -0.2) is 54.9 Å². The number of hydrogen-bond donors (Lipinski definition) is 0. The Bertz CT molecular complexity index is 1650. The lowest BCUT2D eigenvalue weighted by Gasteiger charge is -2.05. The van der Waals surface area contributed by atoms with Gasteiger partial charge in [-0.3, -0.25) is 8.80 Å². The number of pyridine rings is 2. The van der Waals surface area contributed by atoms with Crippen LogP contribution in [0.15, 0.2) is 61.4 Å². The van der Waals surface area contributed by atoms with Crippen molar-refractivity contribution in [1.29, 1.82) is 0 Å². The van der Waals surface area contributed by atoms with Crippen LogP contribution in [0.4, 0.5) is 0 Å². The maximum Gasteiger partial charge on any atom is 0.356 e. The van der Waals surface area contributed by atoms with Gasteiger partial charge < -0.3 is 9.47 Å². The molecule has 10 heteroatoms. The first-order valence-corrected chi connectivity index (χ1v) is 10.3. The van der Waals surface area contributed by atoms with Crippen LogP contribution < -0.4 is 0 Å². The Labute approximate surface area is 191 Å². The molecule has 0 spiro atoms. The molecule has 0 atom stereocenters. The van der Waals surface area contributed by atoms with E-state index in [9.17, 15) is 9.59 Å². The molecule has 0 fully saturated rings. The van der Waals surface area contributed by atoms with Crippen LogP contribution in [0, 0.1) is 0 Å². The predicted octanol–water partition coefficient (Wildman–Crippen LogP) is 3.32. The van der Waals surface area contributed by atoms with Crippen LogP contribution in [0.2, 0.25) is 0 Å². The van der Waals surface area contributed by atoms with Gasteiger partial charge in [0.05, 0.1) is 25.3 Å². The summed E-state index contributed by atoms with van der Waals surface area (Å²) in [6.45, 7) is 0. The zero-order chi connectivity index (χ0) is 23.4. The van der Waals surface area contributed by atoms with Crippen molar-refractivity contribution in [1.82, 2.24) is 28.7 Å². The lowest BCUT2D eigenvalue weighted by atomic mass is 10.0. The number of esters is 2. The van der Waals surface area contributed by atoms with E-state index in [1.54, 1.807) is 37.2 Å². The first-order valence-electron chi connectivity index (χ1n) is 10.3. The maximum absolute atomic E-state index is 12.3. The van der Waals surface area contributed by atoms with E-state index in [2.05, 4.69) is 19.9 Å². The number of rotatable bonds is 3. The van der Waals surface area contributed by atoms with Crippen molar-refractivity contribution in [3.63, 3.8) is 0 Å². The molecule has 0 radical (unpaired) electrons. The second-order valence-electron chi connectivity index (χ2n) is 7.54. The van der Waals surface area contributed by atoms with E-state index in [0.717, 1.165) is 21.9 Å². The number of fused-ring (bicyclic) bond motifs is 6. The average Bonchev–Trinajstić information content (AvgIpc) is 3.39. The van der Waals surface area contributed by atoms with E-state index in [4.69, 9.17) is 9.47 Å². The van der Waals surface area contributed by atoms with Gasteiger partial charge in [0.2, 0.25) is 0 Å². The third-order valence-corrected chi connectivity index (χ3v) is 5.81. The summed E-state index contributed by atoms with van der Waals surface area (Å²) in [5.74, 6) is -1.09. The van der Waals surface area contributed by atoms with E-state index in [-0.39, 0.29) is 11.4 Å². The van der Waals surface area contributed by atoms with Crippen LogP contribution in [0.5, 0.6) is 0 Å². The molecule has 0 aromatic carbocycles. The second kappa shape index (κ2) is 7.34. The summed E-state index contributed by atoms with van der Waals surface area (Å²) in [6, 6.07) is 11.0. The monoisotopic (exact) mass is 452 g/mol. The molecule has 0 amide bonds. The van der Waals surface area contributed by atoms with Gasteiger partial charge in [0.15, 0.2) is 11.4 Å². The number of carbonyl (C=O) groups is 2. The van der Waals surface area contributed by atoms with E-state index in [1.165, 1.54) is 14.2 Å². The van der Waals surface area contributed by atoms with Crippen LogP contribution in [-0.2, 0) is 9.47 Å². The average molecular weight is 452 g/mol. The molecule has 0 aliphatic heterocycles. The Morgan fingerprint density at radius 2 is 1.15 bits per heavy atom. The van der Waals surface area contributed by atoms with E-state index < -0.39 is 11.9 Å². The number of carbonyl (C=O) groups excluding carboxylic acids is 2. The summed E-state index contributed by atoms with van der Waals surface area (Å²) in [5, 5.41) is 1.70. The third-order valence-electron chi connectivity index (χ3n) is 5.81. The normalized spacial score (nSPS) is 11.5. The van der Waals surface area contributed by atoms with Crippen molar-refractivity contribution in [2.45, 2.75) is 0 Å². The van der Waals surface area contributed by atoms with Gasteiger partial charge in [0, 0.05) is 34.3 Å². The SMILES string of the molecule is COC(=O)c1cc2c(-c3c4cccnc4n4cnc(C(=O)OC)cc34)c3cccnc3n2cn1. The number of methoxy groups -OCH3 is 2. The van der Waals surface area contributed by atoms with Gasteiger partial charge in [-0.2, -0.15) is 0 Å². The fourth-order valence-corrected chi connectivity index (χ4v) is 4.36. The Hall–Kier alpha value is -4.86. The molecular formula is C24H16N6O4. The topological polar surface area (TPSA) is 113 Å². The largest absolute Gasteiger partial charge is 0.464 e. The van der Waals surface area contributed by atoms with Crippen LogP contribution in [0.25, 0.3) is 44.2 Å². The minimum absolute atomic E-state index is 0.168. The van der Waals surface area contributed by atoms with Crippen molar-refractivity contribution in [3.05, 3.63) is 72.8 Å². The Morgan fingerprint density at radius 1 is 0.706 bits per heavy atom. The summed E-state index contributed by atoms with van der Waals surface area (Å²) in [5.41, 5.74) is 4.74. The zero-order valence-corrected chi connectivity index (χ0v) is 18.1. The first kappa shape index (κ1) is 19.8. The van der Waals surface area contributed by atoms with Crippen LogP contribution in [0.1, 0.15) is 21.0 Å². The van der Waals surface area contributed by atoms with Crippen LogP contribution >= 0.6 is 0 Å². The standard InChI is InChI=1S/C24H16N6O4/c1-33-23(31)15-9-17-19(13-5-3-7-25-21(13)29(17)11-27-15)20-14-6-4-8-26-22(14)30-12-28-16(10-18(20)30)24(32)34-2/h3-12H,1-2H3. The molecule has 6 aromatic heterocycles. The number of hydrogen-bond acceptors (Lipinski definition) is 8. The Balaban J connectivity index is 1.82. The molecule has 0 N–H and O–H groups in total. The van der Waals surface area contributed by atoms with E-state index in [1.807, 2.05) is 33.1 Å². The van der Waals surface area contributed by atoms with E-state index in [0.29, 0.717) is 22.3 Å². The minimum atomic E-state index is -0.544. The number of aromatic nitrogens is 6. The summed E-state index contributed by atoms with van der Waals surface area (Å²) in [7, 11) is 2.63. The molecule has 0 saturated heterocycles. The maximum atomic E-state index is 12.3. The minimum Gasteiger partial charge on any atom is -0.464 e. The molecule has 166 valence electrons. The van der Waals surface area contributed by atoms with Gasteiger partial charge in [-0.25, -0.2) is 29.5 Å². The molecule has 0 aliphatic rings. The van der Waals surface area contributed by atoms with Gasteiger partial charge in [-0.1, -0.05) is 0 Å². The van der Waals surface area contributed by atoms with Crippen molar-refractivity contribution in [2.75, 3.05) is 14.2 Å². The van der Waals surface area contributed by atoms with Crippen molar-refractivity contribution in [3.8, 4) is 11.1 Å². The predicted molar refractivity (Wildman–Crippen MR) is 123 cm³/mol. The van der Waals surface area contributed by atoms with Crippen molar-refractivity contribution < 1.29 is 19.1 Å². The third kappa shape index (κ3) is 2.68. The van der Waals surface area contributed by atoms with Gasteiger partial charge >= 0.3 is 11.9 Å². The molecule has 0 unspecified atom stereocenters. The lowest BCUT2D eigenvalue weighted by Crippen LogP contribution is -2.05. The van der Waals surface area contributed by atoms with Gasteiger partial charge in [-0.05, 0) is 36.4 Å². The highest BCUT2D eigenvalue weighted by molar-refractivity contribution is 6.16. The molecule has 0 aliphatic carbocycles. The van der Waals surface area contributed by atoms with Gasteiger partial charge in [0.25, 0.3) is 0 Å². The molecule has 6 aromatic rings. The van der Waals surface area contributed by atoms with Gasteiger partial charge in [-0.15, -0.1) is 0 Å². The molecule has 6 rings (SSSR count). The number of nitrogens with zero attached hydrogens (tertiary/aromatic N) is 6. The fraction of sp³-hybridized carbons (Fsp3) is 0.0833. The summed E-state index contributed by atoms with van der Waals surface area (Å²) in [4.78, 5) is 42.1. The van der Waals surface area contributed by atoms with Crippen LogP contribution in [0.3, 0.4) is 0 Å². The molecule has 0 bridgehead atoms. The van der Waals surface area contributed by atoms with Gasteiger partial charge in [0.1, 0.15) is 23.9 Å². The van der Waals surface area contributed by atoms with Crippen molar-refractivity contribution >= 4 is 45.0 Å². The van der Waals surface area contributed by atoms with E-state index >= 15 is 0 Å². The smallest absolute Gasteiger partial charge is 0.356 e. The fourth-order valence-electron chi connectivity index (χ4n) is 4.36. The first-order chi connectivity index (χ1) is 16.6. The highest BCUT2D eigenvalue weighted by atomic mass is 16.5. The molecular weight excluding hydrogens is 436 g/mol. The molecule has 6 heterocycles. The molecule has 34 heavy (non-hydrogen) atoms. The quantitative estimate of drug-likeness (QED) is 0.376. The second-order valence-corrected chi connectivity index (χ2v) is 7.54. The summed E-state index contributed by atoms with van der Waals surface area (Å²) in [6.07, 6.45) is 6.51. The zero-order valence-electron chi connectivity index (χ0n) is 18.1. The Kier molecular flexibility index (Phi) is 4.27. The molecule has 10 nitrogen and oxygen atoms in total. The summed E-state index contributed by atoms with van der Waals surface area (Å²) >= 11 is 0. The number of ether oxygens (including phenoxy) is 2. The highest BCUT2D eigenvalue weighted by Gasteiger charge is 2.24. The summed E-state index contributed by atoms with van der Waals surface area (Å²) < 4.78 is 13.4. The highest BCUT2D eigenvalue weighted by Crippen LogP contribution is 2.41.